The summed E-state index contributed by atoms with van der Waals surface area (Å²) in [5.74, 6) is 0. The zero-order chi connectivity index (χ0) is 64.5. The first-order valence-corrected chi connectivity index (χ1v) is 25.3. The van der Waals surface area contributed by atoms with E-state index in [-0.39, 0.29) is 55.0 Å². The van der Waals surface area contributed by atoms with Crippen molar-refractivity contribution in [2.45, 2.75) is 0 Å². The van der Waals surface area contributed by atoms with E-state index >= 15 is 0 Å². The Morgan fingerprint density at radius 3 is 1.09 bits per heavy atom. The Kier molecular flexibility index (Phi) is 6.79. The van der Waals surface area contributed by atoms with Crippen LogP contribution in [0.25, 0.3) is 88.4 Å². The molecule has 16 rings (SSSR count). The number of hydrogen-bond acceptors (Lipinski definition) is 2. The molecule has 0 aliphatic carbocycles. The molecule has 0 amide bonds. The molecule has 5 heteroatoms. The second-order valence-corrected chi connectivity index (χ2v) is 19.3. The Labute approximate surface area is 469 Å². The van der Waals surface area contributed by atoms with E-state index in [9.17, 15) is 13.7 Å². The molecular formula is C72H47BN4. The number of nitrogens with zero attached hydrogens (tertiary/aromatic N) is 4. The van der Waals surface area contributed by atoms with Gasteiger partial charge in [-0.3, -0.25) is 0 Å². The molecule has 77 heavy (non-hydrogen) atoms. The number of anilines is 6. The summed E-state index contributed by atoms with van der Waals surface area (Å²) in [5.41, 5.74) is 11.9. The van der Waals surface area contributed by atoms with E-state index < -0.39 is 103 Å². The van der Waals surface area contributed by atoms with Crippen molar-refractivity contribution < 1.29 is 21.9 Å². The lowest BCUT2D eigenvalue weighted by molar-refractivity contribution is 1.15. The molecule has 2 aliphatic heterocycles. The van der Waals surface area contributed by atoms with Gasteiger partial charge in [-0.2, -0.15) is 0 Å². The molecule has 0 unspecified atom stereocenters. The first kappa shape index (κ1) is 30.3. The van der Waals surface area contributed by atoms with Crippen LogP contribution in [0, 0.1) is 0 Å². The Balaban J connectivity index is 1.10. The highest BCUT2D eigenvalue weighted by Gasteiger charge is 2.44. The molecule has 12 aromatic carbocycles. The van der Waals surface area contributed by atoms with E-state index in [1.807, 2.05) is 164 Å². The highest BCUT2D eigenvalue weighted by molar-refractivity contribution is 7.00. The van der Waals surface area contributed by atoms with Crippen molar-refractivity contribution in [2.24, 2.45) is 0 Å². The molecule has 4 nitrogen and oxygen atoms in total. The molecule has 0 radical (unpaired) electrons. The number of fused-ring (bicyclic) bond motifs is 10. The van der Waals surface area contributed by atoms with E-state index in [1.165, 1.54) is 9.13 Å². The standard InChI is InChI=1S/C72H47BN4/c1-4-20-48(21-5-1)51-26-18-28-54(42-51)75-68-44-53(50-24-8-3-9-25-50)38-40-62(68)73-63-41-39-56(74-64-34-14-10-30-58(64)59-31-11-15-35-65(59)74)45-69(63)76(55-29-19-27-52(43-55)49-22-6-2-7-23-49)71-47-57(46-70(75)72(71)73)77-66-36-16-12-32-60(66)61-33-13-17-37-67(61)77/h1-47H/i10D,11D,12D,13D,14D,15D,16D,17D,30D,31D,32D,33D,34D,35D,36D,37D. The zero-order valence-electron chi connectivity index (χ0n) is 56.8. The van der Waals surface area contributed by atoms with Crippen molar-refractivity contribution in [1.29, 1.82) is 0 Å². The summed E-state index contributed by atoms with van der Waals surface area (Å²) in [4.78, 5) is 4.24. The van der Waals surface area contributed by atoms with Crippen LogP contribution in [0.4, 0.5) is 34.1 Å². The lowest BCUT2D eigenvalue weighted by Crippen LogP contribution is -2.61. The molecule has 4 heterocycles. The Hall–Kier alpha value is -10.1. The van der Waals surface area contributed by atoms with E-state index in [0.717, 1.165) is 61.1 Å². The third-order valence-electron chi connectivity index (χ3n) is 15.2. The van der Waals surface area contributed by atoms with Gasteiger partial charge >= 0.3 is 0 Å². The summed E-state index contributed by atoms with van der Waals surface area (Å²) >= 11 is 0. The number of rotatable bonds is 7. The second-order valence-electron chi connectivity index (χ2n) is 19.3. The van der Waals surface area contributed by atoms with Crippen LogP contribution in [0.3, 0.4) is 0 Å². The van der Waals surface area contributed by atoms with Gasteiger partial charge in [-0.1, -0.05) is 206 Å². The fourth-order valence-electron chi connectivity index (χ4n) is 11.9. The summed E-state index contributed by atoms with van der Waals surface area (Å²) in [6.07, 6.45) is 0. The normalized spacial score (nSPS) is 15.5. The van der Waals surface area contributed by atoms with E-state index in [4.69, 9.17) is 8.22 Å². The van der Waals surface area contributed by atoms with Crippen molar-refractivity contribution in [3.05, 3.63) is 285 Å². The van der Waals surface area contributed by atoms with E-state index in [1.54, 1.807) is 0 Å². The highest BCUT2D eigenvalue weighted by atomic mass is 15.2. The Morgan fingerprint density at radius 1 is 0.273 bits per heavy atom. The maximum atomic E-state index is 9.75. The third-order valence-corrected chi connectivity index (χ3v) is 15.2. The molecule has 2 aromatic heterocycles. The van der Waals surface area contributed by atoms with Crippen molar-refractivity contribution in [2.75, 3.05) is 9.80 Å². The topological polar surface area (TPSA) is 16.3 Å². The van der Waals surface area contributed by atoms with Crippen LogP contribution in [0.1, 0.15) is 21.9 Å². The van der Waals surface area contributed by atoms with Gasteiger partial charge in [0.05, 0.1) is 49.7 Å². The third kappa shape index (κ3) is 6.74. The lowest BCUT2D eigenvalue weighted by Gasteiger charge is -2.45. The summed E-state index contributed by atoms with van der Waals surface area (Å²) in [5, 5.41) is -0.354. The summed E-state index contributed by atoms with van der Waals surface area (Å²) in [6, 6.07) is 53.3. The Morgan fingerprint density at radius 2 is 0.636 bits per heavy atom. The highest BCUT2D eigenvalue weighted by Crippen LogP contribution is 2.48. The van der Waals surface area contributed by atoms with Gasteiger partial charge in [-0.15, -0.1) is 0 Å². The molecule has 2 aliphatic rings. The first-order chi connectivity index (χ1) is 44.9. The van der Waals surface area contributed by atoms with Gasteiger partial charge in [0, 0.05) is 61.4 Å². The molecule has 14 aromatic rings. The van der Waals surface area contributed by atoms with Crippen molar-refractivity contribution in [1.82, 2.24) is 9.13 Å². The van der Waals surface area contributed by atoms with Crippen LogP contribution in [0.15, 0.2) is 285 Å². The average molecular weight is 995 g/mol. The largest absolute Gasteiger partial charge is 0.311 e. The summed E-state index contributed by atoms with van der Waals surface area (Å²) in [6.45, 7) is -0.643. The molecule has 0 spiro atoms. The molecule has 0 atom stereocenters. The van der Waals surface area contributed by atoms with Crippen molar-refractivity contribution >= 4 is 101 Å². The first-order valence-electron chi connectivity index (χ1n) is 33.3. The quantitative estimate of drug-likeness (QED) is 0.148. The fourth-order valence-corrected chi connectivity index (χ4v) is 11.9. The van der Waals surface area contributed by atoms with Crippen LogP contribution in [0.2, 0.25) is 0 Å². The lowest BCUT2D eigenvalue weighted by atomic mass is 9.33. The molecule has 0 saturated heterocycles. The molecule has 358 valence electrons. The zero-order valence-corrected chi connectivity index (χ0v) is 40.8. The number of benzene rings is 12. The monoisotopic (exact) mass is 994 g/mol. The maximum Gasteiger partial charge on any atom is 0.252 e. The van der Waals surface area contributed by atoms with Gasteiger partial charge in [0.2, 0.25) is 0 Å². The second kappa shape index (κ2) is 17.2. The number of hydrogen-bond donors (Lipinski definition) is 0. The van der Waals surface area contributed by atoms with Crippen LogP contribution >= 0.6 is 0 Å². The minimum atomic E-state index is -0.643. The van der Waals surface area contributed by atoms with Crippen molar-refractivity contribution in [3.63, 3.8) is 0 Å². The molecule has 0 N–H and O–H groups in total. The van der Waals surface area contributed by atoms with Crippen LogP contribution in [-0.2, 0) is 0 Å². The maximum absolute atomic E-state index is 9.75. The molecule has 0 fully saturated rings. The van der Waals surface area contributed by atoms with Gasteiger partial charge in [0.1, 0.15) is 0 Å². The summed E-state index contributed by atoms with van der Waals surface area (Å²) in [7, 11) is 0. The fraction of sp³-hybridized carbons (Fsp3) is 0. The predicted octanol–water partition coefficient (Wildman–Crippen LogP) is 17.0. The van der Waals surface area contributed by atoms with Gasteiger partial charge in [-0.05, 0) is 129 Å². The van der Waals surface area contributed by atoms with Gasteiger partial charge in [0.25, 0.3) is 6.71 Å². The minimum absolute atomic E-state index is 0.0633. The van der Waals surface area contributed by atoms with Gasteiger partial charge in [-0.25, -0.2) is 0 Å². The van der Waals surface area contributed by atoms with Gasteiger partial charge < -0.3 is 18.9 Å². The van der Waals surface area contributed by atoms with E-state index in [0.29, 0.717) is 22.7 Å². The van der Waals surface area contributed by atoms with Crippen LogP contribution in [-0.4, -0.2) is 15.8 Å². The predicted molar refractivity (Wildman–Crippen MR) is 325 cm³/mol. The molecular weight excluding hydrogens is 932 g/mol. The van der Waals surface area contributed by atoms with Crippen LogP contribution in [0.5, 0.6) is 0 Å². The van der Waals surface area contributed by atoms with Crippen molar-refractivity contribution in [3.8, 4) is 44.8 Å². The van der Waals surface area contributed by atoms with Gasteiger partial charge in [0.15, 0.2) is 0 Å². The summed E-state index contributed by atoms with van der Waals surface area (Å²) < 4.78 is 151. The Bertz CT molecular complexity index is 5470. The molecule has 0 saturated carbocycles. The molecule has 0 bridgehead atoms. The SMILES string of the molecule is [2H]c1c([2H])c([2H])c2c(c1[2H])c1c([2H])c([2H])c([2H])c([2H])c1n2-c1ccc2c(c1)N(c1cccc(-c3ccccc3)c1)c1cc(-n3c4c([2H])c([2H])c([2H])c([2H])c4c4c([2H])c([2H])c([2H])c([2H])c43)cc3c1B2c1ccc(-c2ccccc2)cc1N3c1cccc(-c2ccccc2)c1. The smallest absolute Gasteiger partial charge is 0.252 e. The number of para-hydroxylation sites is 4. The average Bonchev–Trinajstić information content (AvgIpc) is 1.69. The van der Waals surface area contributed by atoms with E-state index in [2.05, 4.69) is 34.1 Å². The number of aromatic nitrogens is 2. The van der Waals surface area contributed by atoms with Crippen LogP contribution < -0.4 is 26.2 Å². The minimum Gasteiger partial charge on any atom is -0.311 e.